The number of thioether (sulfide) groups is 1. The van der Waals surface area contributed by atoms with Gasteiger partial charge in [0.25, 0.3) is 0 Å². The highest BCUT2D eigenvalue weighted by Gasteiger charge is 2.36. The monoisotopic (exact) mass is 331 g/mol. The van der Waals surface area contributed by atoms with Crippen molar-refractivity contribution < 1.29 is 9.47 Å². The lowest BCUT2D eigenvalue weighted by Crippen LogP contribution is -2.04. The first kappa shape index (κ1) is 14.9. The fraction of sp³-hybridized carbons (Fsp3) is 0.529. The number of hydrogen-bond donors (Lipinski definition) is 0. The molecule has 6 heteroatoms. The van der Waals surface area contributed by atoms with Crippen LogP contribution in [0.15, 0.2) is 29.4 Å². The first-order valence-electron chi connectivity index (χ1n) is 8.19. The number of rotatable bonds is 8. The molecule has 0 atom stereocenters. The van der Waals surface area contributed by atoms with Gasteiger partial charge in [-0.15, -0.1) is 10.2 Å². The Bertz CT molecular complexity index is 663. The topological polar surface area (TPSA) is 49.2 Å². The van der Waals surface area contributed by atoms with Gasteiger partial charge in [-0.3, -0.25) is 0 Å². The predicted molar refractivity (Wildman–Crippen MR) is 89.5 cm³/mol. The molecule has 2 aliphatic carbocycles. The average Bonchev–Trinajstić information content (AvgIpc) is 3.51. The Labute approximate surface area is 140 Å². The maximum Gasteiger partial charge on any atom is 0.191 e. The van der Waals surface area contributed by atoms with E-state index in [0.717, 1.165) is 22.4 Å². The molecule has 0 amide bonds. The van der Waals surface area contributed by atoms with Gasteiger partial charge in [-0.05, 0) is 49.9 Å². The predicted octanol–water partition coefficient (Wildman–Crippen LogP) is 3.67. The minimum Gasteiger partial charge on any atom is -0.497 e. The third-order valence-corrected chi connectivity index (χ3v) is 5.10. The summed E-state index contributed by atoms with van der Waals surface area (Å²) < 4.78 is 13.3. The number of aromatic nitrogens is 3. The van der Waals surface area contributed by atoms with Gasteiger partial charge in [-0.2, -0.15) is 0 Å². The fourth-order valence-corrected chi connectivity index (χ4v) is 3.48. The van der Waals surface area contributed by atoms with E-state index in [1.807, 2.05) is 24.3 Å². The lowest BCUT2D eigenvalue weighted by Gasteiger charge is -2.09. The van der Waals surface area contributed by atoms with E-state index < -0.39 is 0 Å². The number of ether oxygens (including phenoxy) is 2. The van der Waals surface area contributed by atoms with Crippen LogP contribution >= 0.6 is 11.8 Å². The van der Waals surface area contributed by atoms with Crippen molar-refractivity contribution in [2.24, 2.45) is 0 Å². The largest absolute Gasteiger partial charge is 0.497 e. The summed E-state index contributed by atoms with van der Waals surface area (Å²) in [5, 5.41) is 9.91. The van der Waals surface area contributed by atoms with Crippen LogP contribution in [0.25, 0.3) is 0 Å². The molecule has 0 bridgehead atoms. The van der Waals surface area contributed by atoms with E-state index in [1.165, 1.54) is 31.5 Å². The molecule has 122 valence electrons. The maximum atomic E-state index is 5.78. The lowest BCUT2D eigenvalue weighted by atomic mass is 10.3. The van der Waals surface area contributed by atoms with Gasteiger partial charge in [0.2, 0.25) is 0 Å². The first-order valence-corrected chi connectivity index (χ1v) is 9.18. The van der Waals surface area contributed by atoms with Crippen molar-refractivity contribution in [3.63, 3.8) is 0 Å². The second-order valence-corrected chi connectivity index (χ2v) is 7.15. The molecule has 2 saturated carbocycles. The van der Waals surface area contributed by atoms with Gasteiger partial charge < -0.3 is 14.0 Å². The van der Waals surface area contributed by atoms with Crippen molar-refractivity contribution in [2.75, 3.05) is 19.5 Å². The fourth-order valence-electron chi connectivity index (χ4n) is 2.65. The second-order valence-electron chi connectivity index (χ2n) is 6.09. The number of benzene rings is 1. The van der Waals surface area contributed by atoms with Crippen LogP contribution in [-0.2, 0) is 0 Å². The third-order valence-electron chi connectivity index (χ3n) is 4.19. The van der Waals surface area contributed by atoms with Crippen molar-refractivity contribution in [3.05, 3.63) is 30.1 Å². The zero-order chi connectivity index (χ0) is 15.6. The highest BCUT2D eigenvalue weighted by Crippen LogP contribution is 2.45. The Morgan fingerprint density at radius 1 is 1.09 bits per heavy atom. The molecule has 23 heavy (non-hydrogen) atoms. The standard InChI is InChI=1S/C17H21N3O2S/c1-21-14-6-8-15(9-7-14)22-10-11-23-17-19-18-16(12-2-3-12)20(17)13-4-5-13/h6-9,12-13H,2-5,10-11H2,1H3. The summed E-state index contributed by atoms with van der Waals surface area (Å²) in [6.07, 6.45) is 5.09. The molecule has 5 nitrogen and oxygen atoms in total. The van der Waals surface area contributed by atoms with E-state index in [1.54, 1.807) is 18.9 Å². The first-order chi connectivity index (χ1) is 11.3. The molecule has 0 saturated heterocycles. The molecule has 1 aromatic carbocycles. The minimum absolute atomic E-state index is 0.644. The molecule has 1 heterocycles. The van der Waals surface area contributed by atoms with Gasteiger partial charge in [-0.1, -0.05) is 11.8 Å². The molecule has 0 unspecified atom stereocenters. The summed E-state index contributed by atoms with van der Waals surface area (Å²) >= 11 is 1.75. The average molecular weight is 331 g/mol. The normalized spacial score (nSPS) is 17.3. The van der Waals surface area contributed by atoms with Crippen LogP contribution in [0, 0.1) is 0 Å². The van der Waals surface area contributed by atoms with E-state index >= 15 is 0 Å². The van der Waals surface area contributed by atoms with Gasteiger partial charge in [0.05, 0.1) is 13.7 Å². The molecule has 4 rings (SSSR count). The Kier molecular flexibility index (Phi) is 4.16. The van der Waals surface area contributed by atoms with Crippen molar-refractivity contribution in [2.45, 2.75) is 42.8 Å². The highest BCUT2D eigenvalue weighted by molar-refractivity contribution is 7.99. The zero-order valence-corrected chi connectivity index (χ0v) is 14.1. The molecular formula is C17H21N3O2S. The molecule has 1 aromatic heterocycles. The van der Waals surface area contributed by atoms with Gasteiger partial charge in [0.15, 0.2) is 5.16 Å². The zero-order valence-electron chi connectivity index (χ0n) is 13.3. The summed E-state index contributed by atoms with van der Waals surface area (Å²) in [4.78, 5) is 0. The van der Waals surface area contributed by atoms with Gasteiger partial charge >= 0.3 is 0 Å². The minimum atomic E-state index is 0.644. The van der Waals surface area contributed by atoms with Crippen LogP contribution in [0.3, 0.4) is 0 Å². The van der Waals surface area contributed by atoms with Crippen LogP contribution in [0.4, 0.5) is 0 Å². The summed E-state index contributed by atoms with van der Waals surface area (Å²) in [6, 6.07) is 8.33. The number of hydrogen-bond acceptors (Lipinski definition) is 5. The molecule has 2 fully saturated rings. The van der Waals surface area contributed by atoms with Crippen LogP contribution in [0.2, 0.25) is 0 Å². The number of methoxy groups -OCH3 is 1. The van der Waals surface area contributed by atoms with Crippen LogP contribution in [-0.4, -0.2) is 34.2 Å². The maximum absolute atomic E-state index is 5.78. The van der Waals surface area contributed by atoms with E-state index in [2.05, 4.69) is 14.8 Å². The Morgan fingerprint density at radius 2 is 1.83 bits per heavy atom. The second kappa shape index (κ2) is 6.43. The highest BCUT2D eigenvalue weighted by atomic mass is 32.2. The van der Waals surface area contributed by atoms with E-state index in [9.17, 15) is 0 Å². The summed E-state index contributed by atoms with van der Waals surface area (Å²) in [5.74, 6) is 4.46. The van der Waals surface area contributed by atoms with Gasteiger partial charge in [0.1, 0.15) is 17.3 Å². The Hall–Kier alpha value is -1.69. The molecule has 2 aromatic rings. The SMILES string of the molecule is COc1ccc(OCCSc2nnc(C3CC3)n2C2CC2)cc1. The molecule has 0 N–H and O–H groups in total. The molecular weight excluding hydrogens is 310 g/mol. The molecule has 2 aliphatic rings. The molecule has 0 aliphatic heterocycles. The summed E-state index contributed by atoms with van der Waals surface area (Å²) in [6.45, 7) is 0.660. The number of nitrogens with zero attached hydrogens (tertiary/aromatic N) is 3. The van der Waals surface area contributed by atoms with Crippen LogP contribution < -0.4 is 9.47 Å². The third kappa shape index (κ3) is 3.47. The Balaban J connectivity index is 1.31. The molecule has 0 spiro atoms. The molecule has 0 radical (unpaired) electrons. The lowest BCUT2D eigenvalue weighted by molar-refractivity contribution is 0.342. The van der Waals surface area contributed by atoms with Crippen LogP contribution in [0.1, 0.15) is 43.5 Å². The Morgan fingerprint density at radius 3 is 2.48 bits per heavy atom. The summed E-state index contributed by atoms with van der Waals surface area (Å²) in [5.41, 5.74) is 0. The van der Waals surface area contributed by atoms with Crippen molar-refractivity contribution in [3.8, 4) is 11.5 Å². The van der Waals surface area contributed by atoms with Crippen molar-refractivity contribution >= 4 is 11.8 Å². The van der Waals surface area contributed by atoms with E-state index in [-0.39, 0.29) is 0 Å². The van der Waals surface area contributed by atoms with Gasteiger partial charge in [-0.25, -0.2) is 0 Å². The van der Waals surface area contributed by atoms with Crippen molar-refractivity contribution in [1.82, 2.24) is 14.8 Å². The van der Waals surface area contributed by atoms with E-state index in [0.29, 0.717) is 18.6 Å². The smallest absolute Gasteiger partial charge is 0.191 e. The van der Waals surface area contributed by atoms with Gasteiger partial charge in [0, 0.05) is 17.7 Å². The van der Waals surface area contributed by atoms with Crippen molar-refractivity contribution in [1.29, 1.82) is 0 Å². The summed E-state index contributed by atoms with van der Waals surface area (Å²) in [7, 11) is 1.67. The van der Waals surface area contributed by atoms with E-state index in [4.69, 9.17) is 9.47 Å². The quantitative estimate of drug-likeness (QED) is 0.546. The van der Waals surface area contributed by atoms with Crippen LogP contribution in [0.5, 0.6) is 11.5 Å².